The Hall–Kier alpha value is 0.435. The van der Waals surface area contributed by atoms with Gasteiger partial charge in [-0.25, -0.2) is 0 Å². The van der Waals surface area contributed by atoms with Gasteiger partial charge in [-0.3, -0.25) is 0 Å². The maximum atomic E-state index is 5.05. The van der Waals surface area contributed by atoms with Gasteiger partial charge in [0.2, 0.25) is 0 Å². The van der Waals surface area contributed by atoms with Crippen LogP contribution in [0.1, 0.15) is 0 Å². The maximum absolute atomic E-state index is 5.05. The molecule has 0 aromatic rings. The predicted octanol–water partition coefficient (Wildman–Crippen LogP) is -7.90. The van der Waals surface area contributed by atoms with E-state index in [1.807, 2.05) is 0 Å². The largest absolute Gasteiger partial charge is 3.00 e. The molecule has 0 heterocycles. The molecule has 0 nitrogen and oxygen atoms in total. The van der Waals surface area contributed by atoms with Gasteiger partial charge in [-0.2, -0.15) is 0 Å². The molecule has 6 heteroatoms. The topological polar surface area (TPSA) is 0 Å². The first kappa shape index (κ1) is 39.5. The normalized spacial score (nSPS) is 3.75. The van der Waals surface area contributed by atoms with Gasteiger partial charge in [0, 0.05) is 11.8 Å². The summed E-state index contributed by atoms with van der Waals surface area (Å²) in [5.74, 6) is 1.11. The van der Waals surface area contributed by atoms with Crippen LogP contribution in [-0.2, 0) is 0 Å². The summed E-state index contributed by atoms with van der Waals surface area (Å²) in [6.07, 6.45) is 0. The molecule has 50 valence electrons. The van der Waals surface area contributed by atoms with Crippen LogP contribution in [0.25, 0.3) is 0 Å². The van der Waals surface area contributed by atoms with Crippen molar-refractivity contribution in [3.05, 3.63) is 0 Å². The Kier molecular flexibility index (Phi) is 257. The van der Waals surface area contributed by atoms with Crippen molar-refractivity contribution in [1.29, 1.82) is 0 Å². The van der Waals surface area contributed by atoms with Crippen molar-refractivity contribution in [2.75, 3.05) is 11.8 Å². The molecule has 0 saturated heterocycles. The van der Waals surface area contributed by atoms with Crippen molar-refractivity contribution >= 4 is 31.6 Å². The molecule has 0 aliphatic heterocycles. The molecule has 0 rings (SSSR count). The van der Waals surface area contributed by atoms with Crippen molar-refractivity contribution in [3.63, 3.8) is 0 Å². The molecule has 0 saturated carbocycles. The van der Waals surface area contributed by atoms with Crippen molar-refractivity contribution in [2.24, 2.45) is 0 Å². The summed E-state index contributed by atoms with van der Waals surface area (Å²) in [7, 11) is 0. The van der Waals surface area contributed by atoms with Gasteiger partial charge in [0.15, 0.2) is 0 Å². The van der Waals surface area contributed by atoms with Gasteiger partial charge < -0.3 is 14.1 Å². The van der Waals surface area contributed by atoms with Crippen LogP contribution >= 0.6 is 23.2 Å². The Morgan fingerprint density at radius 1 is 0.750 bits per heavy atom. The molecule has 0 spiro atoms. The SMILES string of the molecule is ClCCCl.[B+3].[F-].[F-].[F-]. The second kappa shape index (κ2) is 51.9. The fourth-order valence-corrected chi connectivity index (χ4v) is 0. The predicted molar refractivity (Wildman–Crippen MR) is 27.2 cm³/mol. The van der Waals surface area contributed by atoms with Crippen LogP contribution in [0.15, 0.2) is 0 Å². The molecule has 0 unspecified atom stereocenters. The molecule has 0 aromatic heterocycles. The van der Waals surface area contributed by atoms with E-state index in [0.29, 0.717) is 11.8 Å². The minimum atomic E-state index is 0. The minimum absolute atomic E-state index is 0. The second-order valence-electron chi connectivity index (χ2n) is 0.378. The zero-order chi connectivity index (χ0) is 3.41. The van der Waals surface area contributed by atoms with Crippen LogP contribution in [0.5, 0.6) is 0 Å². The minimum Gasteiger partial charge on any atom is -1.00 e. The Morgan fingerprint density at radius 2 is 0.875 bits per heavy atom. The average molecular weight is 167 g/mol. The standard InChI is InChI=1S/C2H4Cl2.B.3FH/c3-1-2-4;;;;/h1-2H2;;3*1H/q;+3;;;/p-3. The smallest absolute Gasteiger partial charge is 1.00 e. The number of hydrogen-bond donors (Lipinski definition) is 0. The van der Waals surface area contributed by atoms with Crippen LogP contribution in [-0.4, -0.2) is 20.2 Å². The Bertz CT molecular complexity index is 17.2. The van der Waals surface area contributed by atoms with E-state index in [4.69, 9.17) is 23.2 Å². The van der Waals surface area contributed by atoms with Gasteiger partial charge >= 0.3 is 8.41 Å². The Labute approximate surface area is 58.2 Å². The fourth-order valence-electron chi connectivity index (χ4n) is 0. The third-order valence-electron chi connectivity index (χ3n) is 0.0714. The van der Waals surface area contributed by atoms with Gasteiger partial charge in [0.05, 0.1) is 0 Å². The molecular formula is C2H4BCl2F3. The molecule has 0 bridgehead atoms. The van der Waals surface area contributed by atoms with Crippen molar-refractivity contribution in [1.82, 2.24) is 0 Å². The van der Waals surface area contributed by atoms with Crippen LogP contribution in [0.3, 0.4) is 0 Å². The quantitative estimate of drug-likeness (QED) is 0.268. The van der Waals surface area contributed by atoms with Crippen LogP contribution in [0.2, 0.25) is 0 Å². The summed E-state index contributed by atoms with van der Waals surface area (Å²) >= 11 is 10.1. The maximum Gasteiger partial charge on any atom is 3.00 e. The van der Waals surface area contributed by atoms with Gasteiger partial charge in [0.1, 0.15) is 0 Å². The summed E-state index contributed by atoms with van der Waals surface area (Å²) in [4.78, 5) is 0. The first-order valence-corrected chi connectivity index (χ1v) is 2.10. The molecule has 0 radical (unpaired) electrons. The zero-order valence-corrected chi connectivity index (χ0v) is 5.39. The summed E-state index contributed by atoms with van der Waals surface area (Å²) in [6, 6.07) is 0. The summed E-state index contributed by atoms with van der Waals surface area (Å²) in [5.41, 5.74) is 0. The molecule has 0 aromatic carbocycles. The molecule has 0 atom stereocenters. The number of halogens is 5. The monoisotopic (exact) mass is 166 g/mol. The van der Waals surface area contributed by atoms with E-state index in [-0.39, 0.29) is 22.5 Å². The molecule has 0 fully saturated rings. The van der Waals surface area contributed by atoms with E-state index < -0.39 is 0 Å². The summed E-state index contributed by atoms with van der Waals surface area (Å²) in [6.45, 7) is 0. The van der Waals surface area contributed by atoms with E-state index in [1.54, 1.807) is 0 Å². The molecule has 0 aliphatic carbocycles. The molecule has 0 N–H and O–H groups in total. The Balaban J connectivity index is -0.00000000750. The molecular weight excluding hydrogens is 163 g/mol. The van der Waals surface area contributed by atoms with E-state index in [2.05, 4.69) is 0 Å². The van der Waals surface area contributed by atoms with Gasteiger partial charge in [0.25, 0.3) is 0 Å². The number of hydrogen-bond acceptors (Lipinski definition) is 0. The average Bonchev–Trinajstić information content (AvgIpc) is 1.37. The van der Waals surface area contributed by atoms with Crippen LogP contribution < -0.4 is 14.1 Å². The zero-order valence-electron chi connectivity index (χ0n) is 3.88. The van der Waals surface area contributed by atoms with Gasteiger partial charge in [-0.15, -0.1) is 23.2 Å². The summed E-state index contributed by atoms with van der Waals surface area (Å²) in [5, 5.41) is 0. The van der Waals surface area contributed by atoms with E-state index >= 15 is 0 Å². The molecule has 8 heavy (non-hydrogen) atoms. The Morgan fingerprint density at radius 3 is 0.875 bits per heavy atom. The second-order valence-corrected chi connectivity index (χ2v) is 1.13. The van der Waals surface area contributed by atoms with Gasteiger partial charge in [-0.05, 0) is 0 Å². The van der Waals surface area contributed by atoms with E-state index in [0.717, 1.165) is 0 Å². The van der Waals surface area contributed by atoms with E-state index in [9.17, 15) is 0 Å². The van der Waals surface area contributed by atoms with Crippen molar-refractivity contribution in [3.8, 4) is 0 Å². The number of rotatable bonds is 1. The van der Waals surface area contributed by atoms with Crippen LogP contribution in [0, 0.1) is 0 Å². The third-order valence-corrected chi connectivity index (χ3v) is 0.643. The first-order chi connectivity index (χ1) is 1.91. The first-order valence-electron chi connectivity index (χ1n) is 1.03. The number of alkyl halides is 2. The summed E-state index contributed by atoms with van der Waals surface area (Å²) < 4.78 is 0. The molecule has 0 amide bonds. The van der Waals surface area contributed by atoms with Crippen molar-refractivity contribution in [2.45, 2.75) is 0 Å². The molecule has 0 aliphatic rings. The fraction of sp³-hybridized carbons (Fsp3) is 1.00. The van der Waals surface area contributed by atoms with Crippen molar-refractivity contribution < 1.29 is 14.1 Å². The van der Waals surface area contributed by atoms with Gasteiger partial charge in [-0.1, -0.05) is 0 Å². The third kappa shape index (κ3) is 92.3. The van der Waals surface area contributed by atoms with Crippen LogP contribution in [0.4, 0.5) is 0 Å². The van der Waals surface area contributed by atoms with E-state index in [1.165, 1.54) is 0 Å².